The molecule has 1 atom stereocenters. The Morgan fingerprint density at radius 1 is 1.44 bits per heavy atom. The first-order chi connectivity index (χ1) is 8.37. The number of amides is 1. The number of nitrogens with zero attached hydrogens (tertiary/aromatic N) is 2. The Hall–Kier alpha value is -1.02. The molecule has 1 aliphatic rings. The molecular weight excluding hydrogens is 274 g/mol. The van der Waals surface area contributed by atoms with E-state index in [1.807, 2.05) is 13.8 Å². The summed E-state index contributed by atoms with van der Waals surface area (Å²) in [5, 5.41) is 11.8. The third-order valence-electron chi connectivity index (χ3n) is 2.77. The number of sulfone groups is 1. The number of hydrogen-bond acceptors (Lipinski definition) is 6. The van der Waals surface area contributed by atoms with Crippen LogP contribution in [0.25, 0.3) is 0 Å². The van der Waals surface area contributed by atoms with E-state index in [1.54, 1.807) is 0 Å². The van der Waals surface area contributed by atoms with Gasteiger partial charge in [-0.25, -0.2) is 8.42 Å². The quantitative estimate of drug-likeness (QED) is 0.898. The highest BCUT2D eigenvalue weighted by atomic mass is 32.2. The molecule has 1 aliphatic heterocycles. The lowest BCUT2D eigenvalue weighted by atomic mass is 10.1. The van der Waals surface area contributed by atoms with E-state index in [0.29, 0.717) is 11.6 Å². The topological polar surface area (TPSA) is 89.0 Å². The van der Waals surface area contributed by atoms with E-state index in [4.69, 9.17) is 0 Å². The number of carbonyl (C=O) groups excluding carboxylic acids is 1. The molecule has 2 heterocycles. The van der Waals surface area contributed by atoms with Crippen molar-refractivity contribution in [2.75, 3.05) is 16.8 Å². The van der Waals surface area contributed by atoms with Gasteiger partial charge in [0.25, 0.3) is 0 Å². The van der Waals surface area contributed by atoms with Crippen LogP contribution in [0.4, 0.5) is 5.13 Å². The van der Waals surface area contributed by atoms with Gasteiger partial charge in [-0.3, -0.25) is 4.79 Å². The lowest BCUT2D eigenvalue weighted by Crippen LogP contribution is -2.23. The van der Waals surface area contributed by atoms with Gasteiger partial charge in [0.2, 0.25) is 11.0 Å². The van der Waals surface area contributed by atoms with Crippen LogP contribution < -0.4 is 5.32 Å². The first-order valence-electron chi connectivity index (χ1n) is 5.72. The lowest BCUT2D eigenvalue weighted by Gasteiger charge is -2.05. The zero-order valence-corrected chi connectivity index (χ0v) is 11.8. The van der Waals surface area contributed by atoms with E-state index in [0.717, 1.165) is 5.01 Å². The summed E-state index contributed by atoms with van der Waals surface area (Å²) >= 11 is 1.32. The molecule has 0 aliphatic carbocycles. The third-order valence-corrected chi connectivity index (χ3v) is 5.68. The largest absolute Gasteiger partial charge is 0.300 e. The second-order valence-electron chi connectivity index (χ2n) is 4.69. The van der Waals surface area contributed by atoms with Crippen LogP contribution in [0.3, 0.4) is 0 Å². The summed E-state index contributed by atoms with van der Waals surface area (Å²) < 4.78 is 22.6. The Kier molecular flexibility index (Phi) is 3.67. The third kappa shape index (κ3) is 3.05. The Bertz CT molecular complexity index is 550. The van der Waals surface area contributed by atoms with Gasteiger partial charge >= 0.3 is 0 Å². The first-order valence-corrected chi connectivity index (χ1v) is 8.36. The van der Waals surface area contributed by atoms with Crippen molar-refractivity contribution in [3.8, 4) is 0 Å². The fourth-order valence-corrected chi connectivity index (χ4v) is 4.22. The minimum atomic E-state index is -3.03. The van der Waals surface area contributed by atoms with Gasteiger partial charge in [0.1, 0.15) is 5.01 Å². The molecule has 0 saturated carbocycles. The van der Waals surface area contributed by atoms with E-state index in [-0.39, 0.29) is 23.3 Å². The SMILES string of the molecule is CC(C)c1nnc(NC(=O)C2CCS(=O)(=O)C2)s1. The smallest absolute Gasteiger partial charge is 0.230 e. The van der Waals surface area contributed by atoms with E-state index in [2.05, 4.69) is 15.5 Å². The summed E-state index contributed by atoms with van der Waals surface area (Å²) in [6.07, 6.45) is 0.393. The molecule has 1 unspecified atom stereocenters. The monoisotopic (exact) mass is 289 g/mol. The summed E-state index contributed by atoms with van der Waals surface area (Å²) in [4.78, 5) is 11.8. The van der Waals surface area contributed by atoms with Gasteiger partial charge in [-0.2, -0.15) is 0 Å². The second-order valence-corrected chi connectivity index (χ2v) is 7.93. The molecule has 6 nitrogen and oxygen atoms in total. The van der Waals surface area contributed by atoms with Crippen LogP contribution in [0, 0.1) is 5.92 Å². The highest BCUT2D eigenvalue weighted by molar-refractivity contribution is 7.91. The molecule has 1 N–H and O–H groups in total. The minimum absolute atomic E-state index is 0.0608. The van der Waals surface area contributed by atoms with Crippen molar-refractivity contribution in [1.82, 2.24) is 10.2 Å². The molecule has 1 fully saturated rings. The average Bonchev–Trinajstić information content (AvgIpc) is 2.84. The van der Waals surface area contributed by atoms with Gasteiger partial charge in [-0.05, 0) is 6.42 Å². The molecule has 18 heavy (non-hydrogen) atoms. The molecular formula is C10H15N3O3S2. The number of carbonyl (C=O) groups is 1. The van der Waals surface area contributed by atoms with Crippen molar-refractivity contribution < 1.29 is 13.2 Å². The number of rotatable bonds is 3. The van der Waals surface area contributed by atoms with Gasteiger partial charge in [0, 0.05) is 5.92 Å². The Morgan fingerprint density at radius 2 is 2.17 bits per heavy atom. The standard InChI is InChI=1S/C10H15N3O3S2/c1-6(2)9-12-13-10(17-9)11-8(14)7-3-4-18(15,16)5-7/h6-7H,3-5H2,1-2H3,(H,11,13,14). The van der Waals surface area contributed by atoms with Gasteiger partial charge in [0.05, 0.1) is 17.4 Å². The molecule has 2 rings (SSSR count). The van der Waals surface area contributed by atoms with Crippen LogP contribution in [0.15, 0.2) is 0 Å². The Balaban J connectivity index is 1.99. The molecule has 1 saturated heterocycles. The first kappa shape index (κ1) is 13.4. The highest BCUT2D eigenvalue weighted by Gasteiger charge is 2.33. The fourth-order valence-electron chi connectivity index (χ4n) is 1.73. The fraction of sp³-hybridized carbons (Fsp3) is 0.700. The highest BCUT2D eigenvalue weighted by Crippen LogP contribution is 2.24. The maximum atomic E-state index is 11.8. The molecule has 8 heteroatoms. The summed E-state index contributed by atoms with van der Waals surface area (Å²) in [5.74, 6) is -0.434. The number of anilines is 1. The van der Waals surface area contributed by atoms with Crippen molar-refractivity contribution in [2.24, 2.45) is 5.92 Å². The summed E-state index contributed by atoms with van der Waals surface area (Å²) in [6.45, 7) is 3.99. The number of nitrogens with one attached hydrogen (secondary N) is 1. The van der Waals surface area contributed by atoms with E-state index >= 15 is 0 Å². The Morgan fingerprint density at radius 3 is 2.67 bits per heavy atom. The normalized spacial score (nSPS) is 22.3. The number of aromatic nitrogens is 2. The molecule has 0 spiro atoms. The lowest BCUT2D eigenvalue weighted by molar-refractivity contribution is -0.119. The van der Waals surface area contributed by atoms with E-state index in [1.165, 1.54) is 11.3 Å². The van der Waals surface area contributed by atoms with Crippen molar-refractivity contribution in [1.29, 1.82) is 0 Å². The summed E-state index contributed by atoms with van der Waals surface area (Å²) in [5.41, 5.74) is 0. The van der Waals surface area contributed by atoms with Crippen molar-refractivity contribution in [2.45, 2.75) is 26.2 Å². The maximum Gasteiger partial charge on any atom is 0.230 e. The van der Waals surface area contributed by atoms with Crippen LogP contribution in [0.5, 0.6) is 0 Å². The van der Waals surface area contributed by atoms with Gasteiger partial charge < -0.3 is 5.32 Å². The van der Waals surface area contributed by atoms with E-state index in [9.17, 15) is 13.2 Å². The van der Waals surface area contributed by atoms with Crippen LogP contribution >= 0.6 is 11.3 Å². The van der Waals surface area contributed by atoms with Crippen LogP contribution in [0.1, 0.15) is 31.2 Å². The predicted molar refractivity (Wildman–Crippen MR) is 69.4 cm³/mol. The van der Waals surface area contributed by atoms with Crippen molar-refractivity contribution in [3.63, 3.8) is 0 Å². The van der Waals surface area contributed by atoms with Crippen LogP contribution in [0.2, 0.25) is 0 Å². The molecule has 1 aromatic heterocycles. The molecule has 1 amide bonds. The zero-order valence-electron chi connectivity index (χ0n) is 10.2. The van der Waals surface area contributed by atoms with Gasteiger partial charge in [-0.1, -0.05) is 25.2 Å². The minimum Gasteiger partial charge on any atom is -0.300 e. The predicted octanol–water partition coefficient (Wildman–Crippen LogP) is 1.03. The summed E-state index contributed by atoms with van der Waals surface area (Å²) in [6, 6.07) is 0. The van der Waals surface area contributed by atoms with E-state index < -0.39 is 15.8 Å². The average molecular weight is 289 g/mol. The maximum absolute atomic E-state index is 11.8. The molecule has 0 bridgehead atoms. The van der Waals surface area contributed by atoms with Crippen molar-refractivity contribution in [3.05, 3.63) is 5.01 Å². The van der Waals surface area contributed by atoms with Crippen molar-refractivity contribution >= 4 is 32.2 Å². The number of hydrogen-bond donors (Lipinski definition) is 1. The second kappa shape index (κ2) is 4.93. The van der Waals surface area contributed by atoms with Gasteiger partial charge in [0.15, 0.2) is 9.84 Å². The molecule has 0 radical (unpaired) electrons. The molecule has 1 aromatic rings. The van der Waals surface area contributed by atoms with Crippen LogP contribution in [-0.4, -0.2) is 36.0 Å². The summed E-state index contributed by atoms with van der Waals surface area (Å²) in [7, 11) is -3.03. The molecule has 100 valence electrons. The Labute approximate surface area is 110 Å². The zero-order chi connectivity index (χ0) is 13.3. The van der Waals surface area contributed by atoms with Gasteiger partial charge in [-0.15, -0.1) is 10.2 Å². The molecule has 0 aromatic carbocycles. The van der Waals surface area contributed by atoms with Crippen LogP contribution in [-0.2, 0) is 14.6 Å².